The zero-order chi connectivity index (χ0) is 14.3. The summed E-state index contributed by atoms with van der Waals surface area (Å²) in [4.78, 5) is 2.76. The van der Waals surface area contributed by atoms with Crippen molar-refractivity contribution >= 4 is 0 Å². The Balaban J connectivity index is 2.18. The van der Waals surface area contributed by atoms with E-state index >= 15 is 0 Å². The predicted octanol–water partition coefficient (Wildman–Crippen LogP) is 3.65. The molecule has 1 heterocycles. The normalized spacial score (nSPS) is 39.2. The summed E-state index contributed by atoms with van der Waals surface area (Å²) in [6.07, 6.45) is 6.63. The van der Waals surface area contributed by atoms with Crippen LogP contribution in [0.4, 0.5) is 0 Å². The van der Waals surface area contributed by atoms with Crippen LogP contribution in [0.5, 0.6) is 0 Å². The van der Waals surface area contributed by atoms with E-state index in [0.717, 1.165) is 12.5 Å². The van der Waals surface area contributed by atoms with Crippen molar-refractivity contribution < 1.29 is 0 Å². The van der Waals surface area contributed by atoms with E-state index in [1.165, 1.54) is 45.2 Å². The molecule has 2 rings (SSSR count). The largest absolute Gasteiger partial charge is 0.329 e. The fraction of sp³-hybridized carbons (Fsp3) is 1.00. The molecule has 0 amide bonds. The maximum Gasteiger partial charge on any atom is 0.0357 e. The molecule has 2 fully saturated rings. The van der Waals surface area contributed by atoms with Crippen molar-refractivity contribution in [3.8, 4) is 0 Å². The highest BCUT2D eigenvalue weighted by Crippen LogP contribution is 2.48. The molecule has 2 heteroatoms. The number of hydrogen-bond acceptors (Lipinski definition) is 2. The molecule has 2 aliphatic rings. The molecule has 1 saturated carbocycles. The molecule has 2 atom stereocenters. The van der Waals surface area contributed by atoms with Crippen LogP contribution < -0.4 is 5.73 Å². The lowest BCUT2D eigenvalue weighted by molar-refractivity contribution is -0.0565. The molecule has 0 radical (unpaired) electrons. The minimum Gasteiger partial charge on any atom is -0.329 e. The first kappa shape index (κ1) is 15.3. The van der Waals surface area contributed by atoms with Gasteiger partial charge in [0.25, 0.3) is 0 Å². The summed E-state index contributed by atoms with van der Waals surface area (Å²) in [5.74, 6) is 0.718. The third-order valence-corrected chi connectivity index (χ3v) is 5.89. The summed E-state index contributed by atoms with van der Waals surface area (Å²) < 4.78 is 0. The summed E-state index contributed by atoms with van der Waals surface area (Å²) in [5, 5.41) is 0. The highest BCUT2D eigenvalue weighted by molar-refractivity contribution is 5.03. The maximum atomic E-state index is 6.29. The molecule has 0 aromatic carbocycles. The molecule has 1 aliphatic heterocycles. The van der Waals surface area contributed by atoms with Gasteiger partial charge in [-0.1, -0.05) is 34.6 Å². The van der Waals surface area contributed by atoms with Crippen molar-refractivity contribution in [2.75, 3.05) is 19.6 Å². The van der Waals surface area contributed by atoms with Crippen LogP contribution in [0.25, 0.3) is 0 Å². The average molecular weight is 266 g/mol. The van der Waals surface area contributed by atoms with Crippen LogP contribution in [0, 0.1) is 16.7 Å². The third kappa shape index (κ3) is 3.00. The van der Waals surface area contributed by atoms with Gasteiger partial charge in [-0.15, -0.1) is 0 Å². The Morgan fingerprint density at radius 2 is 1.74 bits per heavy atom. The molecule has 1 saturated heterocycles. The van der Waals surface area contributed by atoms with E-state index in [-0.39, 0.29) is 5.54 Å². The summed E-state index contributed by atoms with van der Waals surface area (Å²) in [7, 11) is 0. The summed E-state index contributed by atoms with van der Waals surface area (Å²) in [6, 6.07) is 0. The SMILES string of the molecule is CC1CC(C)(C)CCC1(CN)N1CCCC(C)(C)C1. The van der Waals surface area contributed by atoms with E-state index in [4.69, 9.17) is 5.73 Å². The van der Waals surface area contributed by atoms with Crippen LogP contribution >= 0.6 is 0 Å². The lowest BCUT2D eigenvalue weighted by atomic mass is 9.62. The second-order valence-corrected chi connectivity index (χ2v) is 8.77. The van der Waals surface area contributed by atoms with Crippen LogP contribution in [-0.2, 0) is 0 Å². The van der Waals surface area contributed by atoms with Gasteiger partial charge in [-0.3, -0.25) is 4.90 Å². The van der Waals surface area contributed by atoms with E-state index < -0.39 is 0 Å². The van der Waals surface area contributed by atoms with E-state index in [1.807, 2.05) is 0 Å². The number of hydrogen-bond donors (Lipinski definition) is 1. The van der Waals surface area contributed by atoms with Gasteiger partial charge in [0.2, 0.25) is 0 Å². The van der Waals surface area contributed by atoms with Crippen molar-refractivity contribution in [2.45, 2.75) is 72.3 Å². The second kappa shape index (κ2) is 5.04. The van der Waals surface area contributed by atoms with Gasteiger partial charge >= 0.3 is 0 Å². The lowest BCUT2D eigenvalue weighted by Gasteiger charge is -2.57. The minimum absolute atomic E-state index is 0.271. The van der Waals surface area contributed by atoms with Gasteiger partial charge in [-0.05, 0) is 55.4 Å². The van der Waals surface area contributed by atoms with E-state index in [2.05, 4.69) is 39.5 Å². The quantitative estimate of drug-likeness (QED) is 0.826. The van der Waals surface area contributed by atoms with Crippen LogP contribution in [0.15, 0.2) is 0 Å². The fourth-order valence-corrected chi connectivity index (χ4v) is 4.63. The van der Waals surface area contributed by atoms with Crippen molar-refractivity contribution in [3.63, 3.8) is 0 Å². The average Bonchev–Trinajstić information content (AvgIpc) is 2.27. The number of likely N-dealkylation sites (tertiary alicyclic amines) is 1. The van der Waals surface area contributed by atoms with Gasteiger partial charge in [0.15, 0.2) is 0 Å². The van der Waals surface area contributed by atoms with Crippen molar-refractivity contribution in [1.29, 1.82) is 0 Å². The van der Waals surface area contributed by atoms with Crippen molar-refractivity contribution in [1.82, 2.24) is 4.90 Å². The van der Waals surface area contributed by atoms with Gasteiger partial charge in [0, 0.05) is 18.6 Å². The fourth-order valence-electron chi connectivity index (χ4n) is 4.63. The topological polar surface area (TPSA) is 29.3 Å². The predicted molar refractivity (Wildman–Crippen MR) is 83.2 cm³/mol. The molecule has 0 spiro atoms. The Kier molecular flexibility index (Phi) is 4.06. The minimum atomic E-state index is 0.271. The van der Waals surface area contributed by atoms with Crippen LogP contribution in [0.1, 0.15) is 66.7 Å². The van der Waals surface area contributed by atoms with Crippen LogP contribution in [0.3, 0.4) is 0 Å². The molecule has 19 heavy (non-hydrogen) atoms. The monoisotopic (exact) mass is 266 g/mol. The Hall–Kier alpha value is -0.0800. The first-order valence-electron chi connectivity index (χ1n) is 8.16. The highest BCUT2D eigenvalue weighted by Gasteiger charge is 2.48. The molecule has 2 nitrogen and oxygen atoms in total. The van der Waals surface area contributed by atoms with E-state index in [1.54, 1.807) is 0 Å². The van der Waals surface area contributed by atoms with Gasteiger partial charge in [0.05, 0.1) is 0 Å². The molecular weight excluding hydrogens is 232 g/mol. The number of piperidine rings is 1. The maximum absolute atomic E-state index is 6.29. The zero-order valence-electron chi connectivity index (χ0n) is 13.8. The number of nitrogens with zero attached hydrogens (tertiary/aromatic N) is 1. The smallest absolute Gasteiger partial charge is 0.0357 e. The molecule has 2 N–H and O–H groups in total. The Bertz CT molecular complexity index is 321. The highest BCUT2D eigenvalue weighted by atomic mass is 15.2. The molecule has 0 aromatic heterocycles. The molecule has 2 unspecified atom stereocenters. The molecule has 1 aliphatic carbocycles. The summed E-state index contributed by atoms with van der Waals surface area (Å²) in [5.41, 5.74) is 7.53. The van der Waals surface area contributed by atoms with E-state index in [9.17, 15) is 0 Å². The number of rotatable bonds is 2. The summed E-state index contributed by atoms with van der Waals surface area (Å²) >= 11 is 0. The molecule has 0 aromatic rings. The third-order valence-electron chi connectivity index (χ3n) is 5.89. The van der Waals surface area contributed by atoms with Crippen LogP contribution in [-0.4, -0.2) is 30.1 Å². The van der Waals surface area contributed by atoms with Crippen molar-refractivity contribution in [2.24, 2.45) is 22.5 Å². The van der Waals surface area contributed by atoms with Crippen LogP contribution in [0.2, 0.25) is 0 Å². The molecule has 0 bridgehead atoms. The van der Waals surface area contributed by atoms with Gasteiger partial charge in [0.1, 0.15) is 0 Å². The van der Waals surface area contributed by atoms with Crippen molar-refractivity contribution in [3.05, 3.63) is 0 Å². The zero-order valence-corrected chi connectivity index (χ0v) is 13.8. The first-order valence-corrected chi connectivity index (χ1v) is 8.16. The Morgan fingerprint density at radius 3 is 2.26 bits per heavy atom. The Morgan fingerprint density at radius 1 is 1.05 bits per heavy atom. The standard InChI is InChI=1S/C17H34N2/c1-14-11-15(2,3)8-9-17(14,12-18)19-10-6-7-16(4,5)13-19/h14H,6-13,18H2,1-5H3. The second-order valence-electron chi connectivity index (χ2n) is 8.77. The number of nitrogens with two attached hydrogens (primary N) is 1. The lowest BCUT2D eigenvalue weighted by Crippen LogP contribution is -2.63. The molecule has 112 valence electrons. The van der Waals surface area contributed by atoms with Gasteiger partial charge in [-0.25, -0.2) is 0 Å². The van der Waals surface area contributed by atoms with Gasteiger partial charge in [-0.2, -0.15) is 0 Å². The van der Waals surface area contributed by atoms with E-state index in [0.29, 0.717) is 10.8 Å². The first-order chi connectivity index (χ1) is 8.71. The molecular formula is C17H34N2. The van der Waals surface area contributed by atoms with Gasteiger partial charge < -0.3 is 5.73 Å². The Labute approximate surface area is 120 Å². The summed E-state index contributed by atoms with van der Waals surface area (Å²) in [6.45, 7) is 15.4.